The maximum Gasteiger partial charge on any atom is 0.435 e. The van der Waals surface area contributed by atoms with E-state index in [1.54, 1.807) is 0 Å². The zero-order chi connectivity index (χ0) is 18.8. The molecule has 1 aromatic heterocycles. The lowest BCUT2D eigenvalue weighted by atomic mass is 10.2. The van der Waals surface area contributed by atoms with E-state index in [4.69, 9.17) is 0 Å². The number of hydrogen-bond donors (Lipinski definition) is 1. The second-order valence-electron chi connectivity index (χ2n) is 4.62. The van der Waals surface area contributed by atoms with Gasteiger partial charge in [0.1, 0.15) is 4.88 Å². The average Bonchev–Trinajstić information content (AvgIpc) is 2.91. The molecule has 1 aromatic carbocycles. The van der Waals surface area contributed by atoms with Crippen LogP contribution in [0.4, 0.5) is 37.2 Å². The number of carbonyl (C=O) groups excluding carboxylic acids is 1. The summed E-state index contributed by atoms with van der Waals surface area (Å²) in [6.07, 6.45) is -9.51. The SMILES string of the molecule is CCOC(=O)c1sc(Nc2cccc(C(F)(F)F)c2)nc1C(F)(F)F. The fraction of sp³-hybridized carbons (Fsp3) is 0.286. The monoisotopic (exact) mass is 384 g/mol. The minimum Gasteiger partial charge on any atom is -0.462 e. The Hall–Kier alpha value is -2.30. The third-order valence-corrected chi connectivity index (χ3v) is 3.75. The fourth-order valence-corrected chi connectivity index (χ4v) is 2.70. The largest absolute Gasteiger partial charge is 0.462 e. The van der Waals surface area contributed by atoms with Crippen molar-refractivity contribution in [3.05, 3.63) is 40.4 Å². The molecule has 2 aromatic rings. The Morgan fingerprint density at radius 1 is 1.20 bits per heavy atom. The maximum atomic E-state index is 13.0. The van der Waals surface area contributed by atoms with Gasteiger partial charge in [-0.1, -0.05) is 17.4 Å². The molecule has 0 bridgehead atoms. The van der Waals surface area contributed by atoms with Crippen molar-refractivity contribution in [3.8, 4) is 0 Å². The number of carbonyl (C=O) groups is 1. The third kappa shape index (κ3) is 4.62. The summed E-state index contributed by atoms with van der Waals surface area (Å²) < 4.78 is 81.5. The summed E-state index contributed by atoms with van der Waals surface area (Å²) in [5, 5.41) is 1.97. The summed E-state index contributed by atoms with van der Waals surface area (Å²) in [6, 6.07) is 3.86. The molecule has 0 radical (unpaired) electrons. The number of hydrogen-bond acceptors (Lipinski definition) is 5. The van der Waals surface area contributed by atoms with E-state index < -0.39 is 34.5 Å². The number of benzene rings is 1. The molecule has 25 heavy (non-hydrogen) atoms. The van der Waals surface area contributed by atoms with Crippen LogP contribution in [0, 0.1) is 0 Å². The van der Waals surface area contributed by atoms with Gasteiger partial charge < -0.3 is 10.1 Å². The molecule has 0 atom stereocenters. The Kier molecular flexibility index (Phi) is 5.26. The minimum absolute atomic E-state index is 0.118. The summed E-state index contributed by atoms with van der Waals surface area (Å²) in [5.74, 6) is -1.20. The minimum atomic E-state index is -4.91. The number of nitrogens with one attached hydrogen (secondary N) is 1. The highest BCUT2D eigenvalue weighted by atomic mass is 32.1. The molecule has 2 rings (SSSR count). The van der Waals surface area contributed by atoms with Crippen LogP contribution in [0.2, 0.25) is 0 Å². The first-order valence-electron chi connectivity index (χ1n) is 6.71. The quantitative estimate of drug-likeness (QED) is 0.589. The van der Waals surface area contributed by atoms with Crippen molar-refractivity contribution in [2.24, 2.45) is 0 Å². The number of alkyl halides is 6. The highest BCUT2D eigenvalue weighted by Crippen LogP contribution is 2.38. The van der Waals surface area contributed by atoms with Crippen LogP contribution >= 0.6 is 11.3 Å². The molecule has 0 aliphatic rings. The Bertz CT molecular complexity index is 769. The zero-order valence-corrected chi connectivity index (χ0v) is 13.3. The van der Waals surface area contributed by atoms with Crippen molar-refractivity contribution in [1.82, 2.24) is 4.98 Å². The lowest BCUT2D eigenvalue weighted by Gasteiger charge is -2.09. The van der Waals surface area contributed by atoms with Gasteiger partial charge in [0.15, 0.2) is 10.8 Å². The van der Waals surface area contributed by atoms with Crippen LogP contribution in [0.3, 0.4) is 0 Å². The van der Waals surface area contributed by atoms with E-state index in [1.165, 1.54) is 13.0 Å². The summed E-state index contributed by atoms with van der Waals surface area (Å²) >= 11 is 0.345. The van der Waals surface area contributed by atoms with Gasteiger partial charge in [0.05, 0.1) is 12.2 Å². The third-order valence-electron chi connectivity index (χ3n) is 2.80. The number of esters is 1. The molecule has 0 saturated carbocycles. The van der Waals surface area contributed by atoms with Crippen LogP contribution in [0.25, 0.3) is 0 Å². The summed E-state index contributed by atoms with van der Waals surface area (Å²) in [6.45, 7) is 1.29. The molecule has 0 aliphatic carbocycles. The molecule has 0 spiro atoms. The maximum absolute atomic E-state index is 13.0. The summed E-state index contributed by atoms with van der Waals surface area (Å²) in [5.41, 5.74) is -2.55. The van der Waals surface area contributed by atoms with Crippen LogP contribution in [0.1, 0.15) is 27.9 Å². The Morgan fingerprint density at radius 2 is 1.88 bits per heavy atom. The molecular weight excluding hydrogens is 374 g/mol. The molecule has 0 amide bonds. The van der Waals surface area contributed by atoms with E-state index in [0.717, 1.165) is 18.2 Å². The van der Waals surface area contributed by atoms with E-state index in [0.29, 0.717) is 11.3 Å². The van der Waals surface area contributed by atoms with Crippen molar-refractivity contribution in [2.75, 3.05) is 11.9 Å². The highest BCUT2D eigenvalue weighted by molar-refractivity contribution is 7.17. The molecule has 0 saturated heterocycles. The lowest BCUT2D eigenvalue weighted by molar-refractivity contribution is -0.141. The predicted octanol–water partition coefficient (Wildman–Crippen LogP) is 5.10. The smallest absolute Gasteiger partial charge is 0.435 e. The lowest BCUT2D eigenvalue weighted by Crippen LogP contribution is -2.13. The van der Waals surface area contributed by atoms with Crippen molar-refractivity contribution in [3.63, 3.8) is 0 Å². The first-order valence-corrected chi connectivity index (χ1v) is 7.53. The molecule has 0 unspecified atom stereocenters. The number of thiazole rings is 1. The van der Waals surface area contributed by atoms with Gasteiger partial charge in [0.25, 0.3) is 0 Å². The number of aromatic nitrogens is 1. The van der Waals surface area contributed by atoms with Gasteiger partial charge in [-0.15, -0.1) is 0 Å². The van der Waals surface area contributed by atoms with Gasteiger partial charge in [0, 0.05) is 5.69 Å². The number of nitrogens with zero attached hydrogens (tertiary/aromatic N) is 1. The number of anilines is 2. The average molecular weight is 384 g/mol. The fourth-order valence-electron chi connectivity index (χ4n) is 1.80. The second-order valence-corrected chi connectivity index (χ2v) is 5.62. The Labute approximate surface area is 141 Å². The van der Waals surface area contributed by atoms with Crippen molar-refractivity contribution >= 4 is 28.1 Å². The molecule has 1 heterocycles. The number of rotatable bonds is 4. The van der Waals surface area contributed by atoms with Gasteiger partial charge in [-0.2, -0.15) is 26.3 Å². The first kappa shape index (κ1) is 19.0. The van der Waals surface area contributed by atoms with Crippen LogP contribution in [-0.4, -0.2) is 17.6 Å². The van der Waals surface area contributed by atoms with Gasteiger partial charge in [-0.05, 0) is 25.1 Å². The van der Waals surface area contributed by atoms with Gasteiger partial charge in [-0.3, -0.25) is 0 Å². The molecular formula is C14H10F6N2O2S. The zero-order valence-electron chi connectivity index (χ0n) is 12.5. The van der Waals surface area contributed by atoms with Crippen molar-refractivity contribution < 1.29 is 35.9 Å². The topological polar surface area (TPSA) is 51.2 Å². The molecule has 0 fully saturated rings. The second kappa shape index (κ2) is 6.90. The van der Waals surface area contributed by atoms with E-state index in [2.05, 4.69) is 15.0 Å². The predicted molar refractivity (Wildman–Crippen MR) is 77.8 cm³/mol. The first-order chi connectivity index (χ1) is 11.5. The number of ether oxygens (including phenoxy) is 1. The van der Waals surface area contributed by atoms with Gasteiger partial charge in [-0.25, -0.2) is 9.78 Å². The van der Waals surface area contributed by atoms with Crippen LogP contribution in [0.5, 0.6) is 0 Å². The Morgan fingerprint density at radius 3 is 2.44 bits per heavy atom. The van der Waals surface area contributed by atoms with Crippen molar-refractivity contribution in [1.29, 1.82) is 0 Å². The molecule has 1 N–H and O–H groups in total. The van der Waals surface area contributed by atoms with E-state index in [1.807, 2.05) is 0 Å². The van der Waals surface area contributed by atoms with E-state index in [9.17, 15) is 31.1 Å². The normalized spacial score (nSPS) is 12.1. The van der Waals surface area contributed by atoms with Crippen LogP contribution in [0.15, 0.2) is 24.3 Å². The van der Waals surface area contributed by atoms with E-state index >= 15 is 0 Å². The van der Waals surface area contributed by atoms with Crippen LogP contribution in [-0.2, 0) is 17.1 Å². The number of halogens is 6. The van der Waals surface area contributed by atoms with Gasteiger partial charge in [0.2, 0.25) is 0 Å². The standard InChI is InChI=1S/C14H10F6N2O2S/c1-2-24-11(23)9-10(14(18,19)20)22-12(25-9)21-8-5-3-4-7(6-8)13(15,16)17/h3-6H,2H2,1H3,(H,21,22). The van der Waals surface area contributed by atoms with Gasteiger partial charge >= 0.3 is 18.3 Å². The Balaban J connectivity index is 2.36. The van der Waals surface area contributed by atoms with Crippen molar-refractivity contribution in [2.45, 2.75) is 19.3 Å². The summed E-state index contributed by atoms with van der Waals surface area (Å²) in [7, 11) is 0. The van der Waals surface area contributed by atoms with E-state index in [-0.39, 0.29) is 17.4 Å². The molecule has 136 valence electrons. The van der Waals surface area contributed by atoms with Crippen LogP contribution < -0.4 is 5.32 Å². The summed E-state index contributed by atoms with van der Waals surface area (Å²) in [4.78, 5) is 14.1. The molecule has 11 heteroatoms. The molecule has 0 aliphatic heterocycles. The molecule has 4 nitrogen and oxygen atoms in total. The highest BCUT2D eigenvalue weighted by Gasteiger charge is 2.40.